The Labute approximate surface area is 203 Å². The van der Waals surface area contributed by atoms with Crippen LogP contribution in [0.4, 0.5) is 0 Å². The molecule has 0 aliphatic carbocycles. The van der Waals surface area contributed by atoms with Crippen molar-refractivity contribution in [3.05, 3.63) is 64.2 Å². The SMILES string of the molecule is N#Cc1ccc2c(c1OCc1ccc(CN3CCOCC3)cc1)CN([C@H]1CCC(=O)NC1=O)C2=O. The highest BCUT2D eigenvalue weighted by atomic mass is 16.5. The van der Waals surface area contributed by atoms with Gasteiger partial charge in [-0.25, -0.2) is 0 Å². The summed E-state index contributed by atoms with van der Waals surface area (Å²) in [7, 11) is 0. The Kier molecular flexibility index (Phi) is 6.49. The standard InChI is InChI=1S/C26H26N4O5/c27-13-19-5-6-20-21(15-30(26(20)33)22-7-8-23(31)28-25(22)32)24(19)35-16-18-3-1-17(2-4-18)14-29-9-11-34-12-10-29/h1-6,22H,7-12,14-16H2,(H,28,31,32)/t22-/m0/s1. The van der Waals surface area contributed by atoms with E-state index in [4.69, 9.17) is 9.47 Å². The fraction of sp³-hybridized carbons (Fsp3) is 0.385. The Hall–Kier alpha value is -3.74. The Balaban J connectivity index is 1.30. The predicted molar refractivity (Wildman–Crippen MR) is 124 cm³/mol. The van der Waals surface area contributed by atoms with Gasteiger partial charge in [0.05, 0.1) is 25.3 Å². The van der Waals surface area contributed by atoms with Crippen molar-refractivity contribution in [2.45, 2.75) is 38.6 Å². The van der Waals surface area contributed by atoms with Crippen LogP contribution < -0.4 is 10.1 Å². The van der Waals surface area contributed by atoms with E-state index in [1.54, 1.807) is 12.1 Å². The molecule has 0 spiro atoms. The number of nitrogens with one attached hydrogen (secondary N) is 1. The number of benzene rings is 2. The van der Waals surface area contributed by atoms with Gasteiger partial charge in [0.2, 0.25) is 11.8 Å². The van der Waals surface area contributed by atoms with Gasteiger partial charge in [-0.15, -0.1) is 0 Å². The summed E-state index contributed by atoms with van der Waals surface area (Å²) in [5, 5.41) is 12.0. The lowest BCUT2D eigenvalue weighted by atomic mass is 10.0. The van der Waals surface area contributed by atoms with Gasteiger partial charge in [0, 0.05) is 37.2 Å². The van der Waals surface area contributed by atoms with Gasteiger partial charge >= 0.3 is 0 Å². The first-order valence-corrected chi connectivity index (χ1v) is 11.7. The van der Waals surface area contributed by atoms with Crippen LogP contribution in [0.15, 0.2) is 36.4 Å². The summed E-state index contributed by atoms with van der Waals surface area (Å²) < 4.78 is 11.5. The highest BCUT2D eigenvalue weighted by molar-refractivity contribution is 6.05. The minimum atomic E-state index is -0.718. The van der Waals surface area contributed by atoms with E-state index < -0.39 is 11.9 Å². The number of imide groups is 1. The van der Waals surface area contributed by atoms with Crippen LogP contribution in [0, 0.1) is 11.3 Å². The Morgan fingerprint density at radius 3 is 2.51 bits per heavy atom. The quantitative estimate of drug-likeness (QED) is 0.635. The normalized spacial score (nSPS) is 20.4. The van der Waals surface area contributed by atoms with Crippen molar-refractivity contribution >= 4 is 17.7 Å². The van der Waals surface area contributed by atoms with Crippen molar-refractivity contribution in [3.63, 3.8) is 0 Å². The fourth-order valence-electron chi connectivity index (χ4n) is 4.78. The number of amides is 3. The lowest BCUT2D eigenvalue weighted by Gasteiger charge is -2.29. The number of nitriles is 1. The van der Waals surface area contributed by atoms with Gasteiger partial charge < -0.3 is 14.4 Å². The third kappa shape index (κ3) is 4.76. The van der Waals surface area contributed by atoms with Gasteiger partial charge in [-0.3, -0.25) is 24.6 Å². The molecule has 2 fully saturated rings. The van der Waals surface area contributed by atoms with Crippen molar-refractivity contribution in [2.24, 2.45) is 0 Å². The Morgan fingerprint density at radius 1 is 1.06 bits per heavy atom. The molecule has 5 rings (SSSR count). The number of hydrogen-bond acceptors (Lipinski definition) is 7. The van der Waals surface area contributed by atoms with E-state index in [1.165, 1.54) is 10.5 Å². The van der Waals surface area contributed by atoms with E-state index in [0.717, 1.165) is 38.4 Å². The van der Waals surface area contributed by atoms with Crippen LogP contribution in [0.5, 0.6) is 5.75 Å². The summed E-state index contributed by atoms with van der Waals surface area (Å²) in [4.78, 5) is 40.7. The summed E-state index contributed by atoms with van der Waals surface area (Å²) in [6.07, 6.45) is 0.466. The van der Waals surface area contributed by atoms with E-state index in [1.807, 2.05) is 12.1 Å². The first-order valence-electron chi connectivity index (χ1n) is 11.7. The zero-order valence-electron chi connectivity index (χ0n) is 19.3. The van der Waals surface area contributed by atoms with E-state index in [0.29, 0.717) is 22.4 Å². The molecular formula is C26H26N4O5. The maximum atomic E-state index is 13.1. The smallest absolute Gasteiger partial charge is 0.255 e. The molecule has 9 heteroatoms. The first-order chi connectivity index (χ1) is 17.0. The second-order valence-corrected chi connectivity index (χ2v) is 8.97. The number of nitrogens with zero attached hydrogens (tertiary/aromatic N) is 3. The number of rotatable bonds is 6. The maximum absolute atomic E-state index is 13.1. The van der Waals surface area contributed by atoms with Crippen LogP contribution in [0.25, 0.3) is 0 Å². The molecule has 0 bridgehead atoms. The number of carbonyl (C=O) groups is 3. The van der Waals surface area contributed by atoms with Crippen LogP contribution in [-0.2, 0) is 34.0 Å². The molecule has 3 aliphatic rings. The Bertz CT molecular complexity index is 1200. The summed E-state index contributed by atoms with van der Waals surface area (Å²) in [6, 6.07) is 12.8. The lowest BCUT2D eigenvalue weighted by Crippen LogP contribution is -2.52. The molecule has 9 nitrogen and oxygen atoms in total. The number of carbonyl (C=O) groups excluding carboxylic acids is 3. The van der Waals surface area contributed by atoms with Crippen molar-refractivity contribution in [1.29, 1.82) is 5.26 Å². The Morgan fingerprint density at radius 2 is 1.80 bits per heavy atom. The average molecular weight is 475 g/mol. The molecule has 1 N–H and O–H groups in total. The molecular weight excluding hydrogens is 448 g/mol. The van der Waals surface area contributed by atoms with Crippen LogP contribution in [-0.4, -0.2) is 59.9 Å². The maximum Gasteiger partial charge on any atom is 0.255 e. The highest BCUT2D eigenvalue weighted by Gasteiger charge is 2.40. The second kappa shape index (κ2) is 9.86. The van der Waals surface area contributed by atoms with Crippen molar-refractivity contribution < 1.29 is 23.9 Å². The molecule has 0 radical (unpaired) electrons. The number of ether oxygens (including phenoxy) is 2. The van der Waals surface area contributed by atoms with E-state index >= 15 is 0 Å². The third-order valence-corrected chi connectivity index (χ3v) is 6.70. The number of morpholine rings is 1. The van der Waals surface area contributed by atoms with E-state index in [9.17, 15) is 19.6 Å². The molecule has 3 amide bonds. The fourth-order valence-corrected chi connectivity index (χ4v) is 4.78. The molecule has 35 heavy (non-hydrogen) atoms. The molecule has 0 aromatic heterocycles. The van der Waals surface area contributed by atoms with Crippen LogP contribution in [0.1, 0.15) is 45.5 Å². The number of piperidine rings is 1. The van der Waals surface area contributed by atoms with E-state index in [2.05, 4.69) is 28.4 Å². The summed E-state index contributed by atoms with van der Waals surface area (Å²) in [5.74, 6) is -0.730. The molecule has 2 aromatic carbocycles. The molecule has 2 aromatic rings. The molecule has 1 atom stereocenters. The van der Waals surface area contributed by atoms with Gasteiger partial charge in [-0.05, 0) is 29.7 Å². The van der Waals surface area contributed by atoms with Gasteiger partial charge in [0.15, 0.2) is 0 Å². The second-order valence-electron chi connectivity index (χ2n) is 8.97. The molecule has 3 aliphatic heterocycles. The summed E-state index contributed by atoms with van der Waals surface area (Å²) in [6.45, 7) is 4.65. The molecule has 0 saturated carbocycles. The van der Waals surface area contributed by atoms with Gasteiger partial charge in [-0.2, -0.15) is 5.26 Å². The van der Waals surface area contributed by atoms with Gasteiger partial charge in [-0.1, -0.05) is 24.3 Å². The minimum absolute atomic E-state index is 0.157. The number of fused-ring (bicyclic) bond motifs is 1. The van der Waals surface area contributed by atoms with Crippen LogP contribution >= 0.6 is 0 Å². The van der Waals surface area contributed by atoms with Crippen molar-refractivity contribution in [1.82, 2.24) is 15.1 Å². The highest BCUT2D eigenvalue weighted by Crippen LogP contribution is 2.36. The first kappa shape index (κ1) is 23.0. The number of hydrogen-bond donors (Lipinski definition) is 1. The zero-order chi connectivity index (χ0) is 24.4. The molecule has 0 unspecified atom stereocenters. The van der Waals surface area contributed by atoms with Crippen LogP contribution in [0.2, 0.25) is 0 Å². The summed E-state index contributed by atoms with van der Waals surface area (Å²) >= 11 is 0. The van der Waals surface area contributed by atoms with Gasteiger partial charge in [0.25, 0.3) is 5.91 Å². The van der Waals surface area contributed by atoms with Crippen LogP contribution in [0.3, 0.4) is 0 Å². The lowest BCUT2D eigenvalue weighted by molar-refractivity contribution is -0.136. The summed E-state index contributed by atoms with van der Waals surface area (Å²) in [5.41, 5.74) is 3.51. The largest absolute Gasteiger partial charge is 0.487 e. The minimum Gasteiger partial charge on any atom is -0.487 e. The molecule has 2 saturated heterocycles. The van der Waals surface area contributed by atoms with Crippen molar-refractivity contribution in [3.8, 4) is 11.8 Å². The average Bonchev–Trinajstić information content (AvgIpc) is 3.20. The zero-order valence-corrected chi connectivity index (χ0v) is 19.3. The monoisotopic (exact) mass is 474 g/mol. The van der Waals surface area contributed by atoms with Gasteiger partial charge in [0.1, 0.15) is 24.5 Å². The molecule has 180 valence electrons. The van der Waals surface area contributed by atoms with Crippen molar-refractivity contribution in [2.75, 3.05) is 26.3 Å². The van der Waals surface area contributed by atoms with E-state index in [-0.39, 0.29) is 37.8 Å². The third-order valence-electron chi connectivity index (χ3n) is 6.70. The molecule has 3 heterocycles. The predicted octanol–water partition coefficient (Wildman–Crippen LogP) is 1.73. The topological polar surface area (TPSA) is 112 Å².